The molecule has 0 radical (unpaired) electrons. The molecule has 0 fully saturated rings. The molecule has 2 rings (SSSR count). The van der Waals surface area contributed by atoms with Crippen LogP contribution in [-0.2, 0) is 6.54 Å². The third-order valence-corrected chi connectivity index (χ3v) is 2.85. The van der Waals surface area contributed by atoms with E-state index < -0.39 is 23.6 Å². The molecule has 4 N–H and O–H groups in total. The topological polar surface area (TPSA) is 84.2 Å². The molecule has 0 aliphatic carbocycles. The van der Waals surface area contributed by atoms with Crippen LogP contribution in [0.2, 0.25) is 0 Å². The maximum absolute atomic E-state index is 13.4. The van der Waals surface area contributed by atoms with Gasteiger partial charge in [0.15, 0.2) is 0 Å². The fourth-order valence-electron chi connectivity index (χ4n) is 1.80. The van der Waals surface area contributed by atoms with Crippen LogP contribution in [0.15, 0.2) is 42.5 Å². The largest absolute Gasteiger partial charge is 0.351 e. The zero-order valence-electron chi connectivity index (χ0n) is 11.4. The molecule has 114 valence electrons. The lowest BCUT2D eigenvalue weighted by atomic mass is 10.1. The molecule has 2 aromatic rings. The van der Waals surface area contributed by atoms with Crippen LogP contribution in [0.1, 0.15) is 15.9 Å². The number of primary amides is 1. The van der Waals surface area contributed by atoms with Crippen molar-refractivity contribution in [1.82, 2.24) is 5.32 Å². The summed E-state index contributed by atoms with van der Waals surface area (Å²) in [5, 5.41) is 4.88. The van der Waals surface area contributed by atoms with Gasteiger partial charge in [-0.1, -0.05) is 12.1 Å². The van der Waals surface area contributed by atoms with Crippen molar-refractivity contribution in [1.29, 1.82) is 0 Å². The zero-order chi connectivity index (χ0) is 16.1. The SMILES string of the molecule is NC(=O)Nc1ccc(CNC(=O)c2cc(F)ccc2F)cc1. The van der Waals surface area contributed by atoms with Gasteiger partial charge in [0.2, 0.25) is 0 Å². The number of hydrogen-bond acceptors (Lipinski definition) is 2. The van der Waals surface area contributed by atoms with Crippen LogP contribution < -0.4 is 16.4 Å². The highest BCUT2D eigenvalue weighted by molar-refractivity contribution is 5.94. The van der Waals surface area contributed by atoms with E-state index in [1.54, 1.807) is 24.3 Å². The molecule has 22 heavy (non-hydrogen) atoms. The number of carbonyl (C=O) groups is 2. The number of benzene rings is 2. The standard InChI is InChI=1S/C15H13F2N3O2/c16-10-3-6-13(17)12(7-10)14(21)19-8-9-1-4-11(5-2-9)20-15(18)22/h1-7H,8H2,(H,19,21)(H3,18,20,22). The molecular formula is C15H13F2N3O2. The Morgan fingerprint density at radius 1 is 1.05 bits per heavy atom. The Morgan fingerprint density at radius 3 is 2.36 bits per heavy atom. The van der Waals surface area contributed by atoms with Crippen molar-refractivity contribution in [3.05, 3.63) is 65.2 Å². The minimum atomic E-state index is -0.792. The Labute approximate surface area is 125 Å². The smallest absolute Gasteiger partial charge is 0.316 e. The van der Waals surface area contributed by atoms with Gasteiger partial charge in [-0.05, 0) is 35.9 Å². The summed E-state index contributed by atoms with van der Waals surface area (Å²) in [6, 6.07) is 8.53. The van der Waals surface area contributed by atoms with Crippen LogP contribution in [-0.4, -0.2) is 11.9 Å². The first-order chi connectivity index (χ1) is 10.5. The molecule has 5 nitrogen and oxygen atoms in total. The maximum atomic E-state index is 13.4. The molecule has 3 amide bonds. The molecule has 0 atom stereocenters. The third kappa shape index (κ3) is 4.02. The normalized spacial score (nSPS) is 10.1. The summed E-state index contributed by atoms with van der Waals surface area (Å²) in [6.45, 7) is 0.131. The van der Waals surface area contributed by atoms with Crippen molar-refractivity contribution < 1.29 is 18.4 Å². The number of carbonyl (C=O) groups excluding carboxylic acids is 2. The van der Waals surface area contributed by atoms with Crippen LogP contribution >= 0.6 is 0 Å². The molecule has 0 saturated carbocycles. The maximum Gasteiger partial charge on any atom is 0.316 e. The molecule has 0 unspecified atom stereocenters. The summed E-state index contributed by atoms with van der Waals surface area (Å²) in [5.41, 5.74) is 5.86. The summed E-state index contributed by atoms with van der Waals surface area (Å²) in [4.78, 5) is 22.5. The predicted molar refractivity (Wildman–Crippen MR) is 77.2 cm³/mol. The minimum absolute atomic E-state index is 0.131. The van der Waals surface area contributed by atoms with Gasteiger partial charge < -0.3 is 16.4 Å². The van der Waals surface area contributed by atoms with E-state index in [0.29, 0.717) is 5.69 Å². The molecule has 0 spiro atoms. The first-order valence-electron chi connectivity index (χ1n) is 6.34. The molecule has 0 saturated heterocycles. The summed E-state index contributed by atoms with van der Waals surface area (Å²) in [6.07, 6.45) is 0. The van der Waals surface area contributed by atoms with E-state index in [9.17, 15) is 18.4 Å². The van der Waals surface area contributed by atoms with E-state index in [1.165, 1.54) is 0 Å². The van der Waals surface area contributed by atoms with Crippen molar-refractivity contribution in [2.75, 3.05) is 5.32 Å². The van der Waals surface area contributed by atoms with Gasteiger partial charge in [0.25, 0.3) is 5.91 Å². The highest BCUT2D eigenvalue weighted by atomic mass is 19.1. The van der Waals surface area contributed by atoms with Gasteiger partial charge in [0.1, 0.15) is 11.6 Å². The van der Waals surface area contributed by atoms with Gasteiger partial charge in [-0.3, -0.25) is 4.79 Å². The lowest BCUT2D eigenvalue weighted by molar-refractivity contribution is 0.0946. The van der Waals surface area contributed by atoms with Crippen molar-refractivity contribution >= 4 is 17.6 Å². The Bertz CT molecular complexity index is 702. The average molecular weight is 305 g/mol. The quantitative estimate of drug-likeness (QED) is 0.810. The predicted octanol–water partition coefficient (Wildman–Crippen LogP) is 2.39. The molecule has 0 aromatic heterocycles. The third-order valence-electron chi connectivity index (χ3n) is 2.85. The van der Waals surface area contributed by atoms with Gasteiger partial charge in [-0.2, -0.15) is 0 Å². The van der Waals surface area contributed by atoms with E-state index in [1.807, 2.05) is 0 Å². The molecule has 7 heteroatoms. The number of rotatable bonds is 4. The minimum Gasteiger partial charge on any atom is -0.351 e. The fraction of sp³-hybridized carbons (Fsp3) is 0.0667. The molecule has 0 bridgehead atoms. The van der Waals surface area contributed by atoms with E-state index in [0.717, 1.165) is 23.8 Å². The van der Waals surface area contributed by atoms with Crippen LogP contribution in [0.3, 0.4) is 0 Å². The number of urea groups is 1. The van der Waals surface area contributed by atoms with Gasteiger partial charge in [0.05, 0.1) is 5.56 Å². The second-order valence-electron chi connectivity index (χ2n) is 4.49. The van der Waals surface area contributed by atoms with Gasteiger partial charge in [-0.25, -0.2) is 13.6 Å². The number of hydrogen-bond donors (Lipinski definition) is 3. The molecule has 0 aliphatic heterocycles. The Morgan fingerprint density at radius 2 is 1.73 bits per heavy atom. The summed E-state index contributed by atoms with van der Waals surface area (Å²) in [5.74, 6) is -2.19. The van der Waals surface area contributed by atoms with Crippen LogP contribution in [0.5, 0.6) is 0 Å². The van der Waals surface area contributed by atoms with E-state index in [4.69, 9.17) is 5.73 Å². The lowest BCUT2D eigenvalue weighted by Gasteiger charge is -2.07. The highest BCUT2D eigenvalue weighted by Crippen LogP contribution is 2.11. The Kier molecular flexibility index (Phi) is 4.67. The van der Waals surface area contributed by atoms with Gasteiger partial charge in [0, 0.05) is 12.2 Å². The number of anilines is 1. The molecule has 2 aromatic carbocycles. The number of amides is 3. The first kappa shape index (κ1) is 15.4. The Balaban J connectivity index is 1.99. The molecular weight excluding hydrogens is 292 g/mol. The highest BCUT2D eigenvalue weighted by Gasteiger charge is 2.12. The van der Waals surface area contributed by atoms with Crippen LogP contribution in [0.4, 0.5) is 19.3 Å². The Hall–Kier alpha value is -2.96. The van der Waals surface area contributed by atoms with Crippen molar-refractivity contribution in [2.24, 2.45) is 5.73 Å². The van der Waals surface area contributed by atoms with E-state index >= 15 is 0 Å². The number of nitrogens with two attached hydrogens (primary N) is 1. The van der Waals surface area contributed by atoms with Crippen molar-refractivity contribution in [2.45, 2.75) is 6.54 Å². The number of nitrogens with one attached hydrogen (secondary N) is 2. The monoisotopic (exact) mass is 305 g/mol. The van der Waals surface area contributed by atoms with Crippen molar-refractivity contribution in [3.63, 3.8) is 0 Å². The summed E-state index contributed by atoms with van der Waals surface area (Å²) < 4.78 is 26.5. The fourth-order valence-corrected chi connectivity index (χ4v) is 1.80. The second kappa shape index (κ2) is 6.66. The van der Waals surface area contributed by atoms with Gasteiger partial charge >= 0.3 is 6.03 Å². The lowest BCUT2D eigenvalue weighted by Crippen LogP contribution is -2.24. The zero-order valence-corrected chi connectivity index (χ0v) is 11.4. The number of halogens is 2. The second-order valence-corrected chi connectivity index (χ2v) is 4.49. The van der Waals surface area contributed by atoms with Crippen LogP contribution in [0, 0.1) is 11.6 Å². The first-order valence-corrected chi connectivity index (χ1v) is 6.34. The summed E-state index contributed by atoms with van der Waals surface area (Å²) in [7, 11) is 0. The molecule has 0 aliphatic rings. The van der Waals surface area contributed by atoms with Gasteiger partial charge in [-0.15, -0.1) is 0 Å². The van der Waals surface area contributed by atoms with E-state index in [-0.39, 0.29) is 12.1 Å². The summed E-state index contributed by atoms with van der Waals surface area (Å²) >= 11 is 0. The molecule has 0 heterocycles. The van der Waals surface area contributed by atoms with Crippen molar-refractivity contribution in [3.8, 4) is 0 Å². The van der Waals surface area contributed by atoms with Crippen LogP contribution in [0.25, 0.3) is 0 Å². The van der Waals surface area contributed by atoms with E-state index in [2.05, 4.69) is 10.6 Å². The average Bonchev–Trinajstić information content (AvgIpc) is 2.48.